The minimum absolute atomic E-state index is 0.265. The van der Waals surface area contributed by atoms with Gasteiger partial charge in [0.1, 0.15) is 0 Å². The lowest BCUT2D eigenvalue weighted by molar-refractivity contribution is 0.131. The fourth-order valence-corrected chi connectivity index (χ4v) is 3.80. The van der Waals surface area contributed by atoms with Crippen LogP contribution in [0, 0.1) is 0 Å². The van der Waals surface area contributed by atoms with Crippen LogP contribution in [0.1, 0.15) is 51.5 Å². The Kier molecular flexibility index (Phi) is 5.48. The molecule has 1 aliphatic heterocycles. The van der Waals surface area contributed by atoms with Gasteiger partial charge in [-0.15, -0.1) is 0 Å². The number of hydrogen-bond donors (Lipinski definition) is 1. The third kappa shape index (κ3) is 3.19. The predicted octanol–water partition coefficient (Wildman–Crippen LogP) is 4.17. The second-order valence-electron chi connectivity index (χ2n) is 5.96. The molecule has 0 saturated carbocycles. The van der Waals surface area contributed by atoms with Crippen LogP contribution in [0.3, 0.4) is 0 Å². The normalized spacial score (nSPS) is 20.8. The van der Waals surface area contributed by atoms with Crippen LogP contribution >= 0.6 is 11.6 Å². The maximum atomic E-state index is 6.93. The number of rotatable bonds is 6. The van der Waals surface area contributed by atoms with Crippen molar-refractivity contribution in [2.75, 3.05) is 13.1 Å². The summed E-state index contributed by atoms with van der Waals surface area (Å²) >= 11 is 6.03. The zero-order chi connectivity index (χ0) is 14.6. The van der Waals surface area contributed by atoms with E-state index < -0.39 is 0 Å². The van der Waals surface area contributed by atoms with Crippen LogP contribution in [-0.4, -0.2) is 24.0 Å². The van der Waals surface area contributed by atoms with Crippen LogP contribution in [0.25, 0.3) is 0 Å². The molecule has 1 fully saturated rings. The number of halogens is 1. The SMILES string of the molecule is CCCC(N)(c1ccc(Cl)cc1)C(CC)N1CCCC1. The van der Waals surface area contributed by atoms with Gasteiger partial charge in [-0.1, -0.05) is 44.0 Å². The summed E-state index contributed by atoms with van der Waals surface area (Å²) in [6.07, 6.45) is 5.82. The van der Waals surface area contributed by atoms with Gasteiger partial charge in [-0.3, -0.25) is 4.90 Å². The molecule has 0 spiro atoms. The first kappa shape index (κ1) is 15.8. The fourth-order valence-electron chi connectivity index (χ4n) is 3.68. The quantitative estimate of drug-likeness (QED) is 0.853. The van der Waals surface area contributed by atoms with Crippen LogP contribution < -0.4 is 5.73 Å². The minimum Gasteiger partial charge on any atom is -0.320 e. The Labute approximate surface area is 128 Å². The van der Waals surface area contributed by atoms with Gasteiger partial charge in [0.25, 0.3) is 0 Å². The largest absolute Gasteiger partial charge is 0.320 e. The minimum atomic E-state index is -0.265. The molecule has 0 aromatic heterocycles. The number of nitrogens with two attached hydrogens (primary N) is 1. The topological polar surface area (TPSA) is 29.3 Å². The smallest absolute Gasteiger partial charge is 0.0567 e. The van der Waals surface area contributed by atoms with E-state index in [0.29, 0.717) is 6.04 Å². The number of benzene rings is 1. The van der Waals surface area contributed by atoms with Crippen LogP contribution in [0.5, 0.6) is 0 Å². The summed E-state index contributed by atoms with van der Waals surface area (Å²) in [6.45, 7) is 6.86. The Balaban J connectivity index is 2.32. The maximum absolute atomic E-state index is 6.93. The molecule has 2 N–H and O–H groups in total. The van der Waals surface area contributed by atoms with E-state index in [1.807, 2.05) is 12.1 Å². The summed E-state index contributed by atoms with van der Waals surface area (Å²) in [5.74, 6) is 0. The van der Waals surface area contributed by atoms with Gasteiger partial charge in [0.15, 0.2) is 0 Å². The fraction of sp³-hybridized carbons (Fsp3) is 0.647. The van der Waals surface area contributed by atoms with Crippen LogP contribution in [0.15, 0.2) is 24.3 Å². The zero-order valence-electron chi connectivity index (χ0n) is 12.7. The highest BCUT2D eigenvalue weighted by Gasteiger charge is 2.39. The highest BCUT2D eigenvalue weighted by atomic mass is 35.5. The zero-order valence-corrected chi connectivity index (χ0v) is 13.5. The van der Waals surface area contributed by atoms with Gasteiger partial charge >= 0.3 is 0 Å². The van der Waals surface area contributed by atoms with E-state index in [1.165, 1.54) is 31.5 Å². The number of hydrogen-bond acceptors (Lipinski definition) is 2. The molecule has 0 bridgehead atoms. The Morgan fingerprint density at radius 2 is 1.80 bits per heavy atom. The second kappa shape index (κ2) is 6.93. The summed E-state index contributed by atoms with van der Waals surface area (Å²) in [5.41, 5.74) is 7.89. The van der Waals surface area contributed by atoms with Gasteiger partial charge < -0.3 is 5.73 Å². The van der Waals surface area contributed by atoms with Gasteiger partial charge in [0.05, 0.1) is 5.54 Å². The molecule has 0 amide bonds. The highest BCUT2D eigenvalue weighted by Crippen LogP contribution is 2.34. The number of likely N-dealkylation sites (tertiary alicyclic amines) is 1. The summed E-state index contributed by atoms with van der Waals surface area (Å²) in [4.78, 5) is 2.59. The molecule has 2 atom stereocenters. The van der Waals surface area contributed by atoms with Crippen molar-refractivity contribution in [1.29, 1.82) is 0 Å². The molecule has 1 aliphatic rings. The first-order valence-corrected chi connectivity index (χ1v) is 8.28. The van der Waals surface area contributed by atoms with Crippen LogP contribution in [0.4, 0.5) is 0 Å². The van der Waals surface area contributed by atoms with Gasteiger partial charge in [-0.25, -0.2) is 0 Å². The molecule has 2 rings (SSSR count). The lowest BCUT2D eigenvalue weighted by atomic mass is 9.78. The predicted molar refractivity (Wildman–Crippen MR) is 87.1 cm³/mol. The van der Waals surface area contributed by atoms with E-state index in [9.17, 15) is 0 Å². The Morgan fingerprint density at radius 1 is 1.20 bits per heavy atom. The molecule has 1 saturated heterocycles. The molecule has 0 radical (unpaired) electrons. The van der Waals surface area contributed by atoms with Crippen molar-refractivity contribution in [3.8, 4) is 0 Å². The van der Waals surface area contributed by atoms with Crippen molar-refractivity contribution in [3.63, 3.8) is 0 Å². The summed E-state index contributed by atoms with van der Waals surface area (Å²) < 4.78 is 0. The van der Waals surface area contributed by atoms with Crippen molar-refractivity contribution in [1.82, 2.24) is 4.90 Å². The van der Waals surface area contributed by atoms with Crippen molar-refractivity contribution >= 4 is 11.6 Å². The van der Waals surface area contributed by atoms with Crippen molar-refractivity contribution < 1.29 is 0 Å². The van der Waals surface area contributed by atoms with Gasteiger partial charge in [-0.05, 0) is 56.5 Å². The third-order valence-electron chi connectivity index (χ3n) is 4.61. The Morgan fingerprint density at radius 3 is 2.30 bits per heavy atom. The van der Waals surface area contributed by atoms with Gasteiger partial charge in [0, 0.05) is 11.1 Å². The van der Waals surface area contributed by atoms with Crippen molar-refractivity contribution in [3.05, 3.63) is 34.9 Å². The molecule has 20 heavy (non-hydrogen) atoms. The average Bonchev–Trinajstić information content (AvgIpc) is 2.94. The molecular formula is C17H27ClN2. The highest BCUT2D eigenvalue weighted by molar-refractivity contribution is 6.30. The monoisotopic (exact) mass is 294 g/mol. The Hall–Kier alpha value is -0.570. The molecule has 0 aliphatic carbocycles. The van der Waals surface area contributed by atoms with E-state index in [2.05, 4.69) is 30.9 Å². The van der Waals surface area contributed by atoms with E-state index in [1.54, 1.807) is 0 Å². The molecule has 2 nitrogen and oxygen atoms in total. The molecule has 1 aromatic carbocycles. The summed E-state index contributed by atoms with van der Waals surface area (Å²) in [5, 5.41) is 0.779. The average molecular weight is 295 g/mol. The van der Waals surface area contributed by atoms with E-state index in [0.717, 1.165) is 24.3 Å². The maximum Gasteiger partial charge on any atom is 0.0567 e. The van der Waals surface area contributed by atoms with Crippen molar-refractivity contribution in [2.24, 2.45) is 5.73 Å². The molecule has 1 aromatic rings. The summed E-state index contributed by atoms with van der Waals surface area (Å²) in [6, 6.07) is 8.56. The second-order valence-corrected chi connectivity index (χ2v) is 6.40. The summed E-state index contributed by atoms with van der Waals surface area (Å²) in [7, 11) is 0. The van der Waals surface area contributed by atoms with Crippen molar-refractivity contribution in [2.45, 2.75) is 57.5 Å². The molecule has 2 unspecified atom stereocenters. The first-order valence-electron chi connectivity index (χ1n) is 7.90. The van der Waals surface area contributed by atoms with E-state index >= 15 is 0 Å². The third-order valence-corrected chi connectivity index (χ3v) is 4.86. The van der Waals surface area contributed by atoms with Gasteiger partial charge in [0.2, 0.25) is 0 Å². The molecule has 3 heteroatoms. The van der Waals surface area contributed by atoms with E-state index in [4.69, 9.17) is 17.3 Å². The van der Waals surface area contributed by atoms with Crippen LogP contribution in [0.2, 0.25) is 5.02 Å². The molecule has 112 valence electrons. The lowest BCUT2D eigenvalue weighted by Crippen LogP contribution is -2.55. The number of nitrogens with zero attached hydrogens (tertiary/aromatic N) is 1. The standard InChI is InChI=1S/C17H27ClN2/c1-3-11-17(19,14-7-9-15(18)10-8-14)16(4-2)20-12-5-6-13-20/h7-10,16H,3-6,11-13,19H2,1-2H3. The first-order chi connectivity index (χ1) is 9.61. The molecular weight excluding hydrogens is 268 g/mol. The Bertz CT molecular complexity index is 412. The molecule has 1 heterocycles. The van der Waals surface area contributed by atoms with Gasteiger partial charge in [-0.2, -0.15) is 0 Å². The lowest BCUT2D eigenvalue weighted by Gasteiger charge is -2.43. The van der Waals surface area contributed by atoms with Crippen LogP contribution in [-0.2, 0) is 5.54 Å². The van der Waals surface area contributed by atoms with E-state index in [-0.39, 0.29) is 5.54 Å².